The first-order chi connectivity index (χ1) is 13.4. The average Bonchev–Trinajstić information content (AvgIpc) is 3.26. The van der Waals surface area contributed by atoms with Crippen molar-refractivity contribution in [1.29, 1.82) is 0 Å². The van der Waals surface area contributed by atoms with Gasteiger partial charge >= 0.3 is 0 Å². The summed E-state index contributed by atoms with van der Waals surface area (Å²) in [5.41, 5.74) is 4.64. The number of benzene rings is 3. The first-order valence-corrected chi connectivity index (χ1v) is 9.56. The maximum atomic E-state index is 6.16. The highest BCUT2D eigenvalue weighted by molar-refractivity contribution is 5.73. The van der Waals surface area contributed by atoms with Crippen molar-refractivity contribution in [2.45, 2.75) is 25.7 Å². The summed E-state index contributed by atoms with van der Waals surface area (Å²) in [4.78, 5) is 0. The minimum atomic E-state index is 0.308. The molecule has 0 radical (unpaired) electrons. The first-order valence-electron chi connectivity index (χ1n) is 9.56. The second-order valence-corrected chi connectivity index (χ2v) is 6.85. The standard InChI is InChI=1S/C24H25NO2/c1-2-8-19(9-3-1)17-27-24-13-7-6-12-23(24)22-11-5-4-10-20(22)18-26-21-14-15-25-16-21/h1-13,21,25H,14-18H2/t21-/m0/s1. The number of rotatable bonds is 7. The average molecular weight is 359 g/mol. The van der Waals surface area contributed by atoms with E-state index in [1.54, 1.807) is 0 Å². The van der Waals surface area contributed by atoms with Gasteiger partial charge in [0, 0.05) is 12.1 Å². The molecule has 1 heterocycles. The molecule has 3 aromatic rings. The Balaban J connectivity index is 1.54. The summed E-state index contributed by atoms with van der Waals surface area (Å²) < 4.78 is 12.3. The lowest BCUT2D eigenvalue weighted by Crippen LogP contribution is -2.16. The first kappa shape index (κ1) is 17.8. The van der Waals surface area contributed by atoms with Crippen LogP contribution in [0.3, 0.4) is 0 Å². The van der Waals surface area contributed by atoms with E-state index in [2.05, 4.69) is 53.8 Å². The topological polar surface area (TPSA) is 30.5 Å². The fourth-order valence-electron chi connectivity index (χ4n) is 3.44. The molecule has 3 aromatic carbocycles. The molecule has 27 heavy (non-hydrogen) atoms. The molecule has 1 aliphatic rings. The second-order valence-electron chi connectivity index (χ2n) is 6.85. The predicted molar refractivity (Wildman–Crippen MR) is 109 cm³/mol. The van der Waals surface area contributed by atoms with Gasteiger partial charge in [0.05, 0.1) is 12.7 Å². The SMILES string of the molecule is c1ccc(COc2ccccc2-c2ccccc2CO[C@H]2CCNC2)cc1. The largest absolute Gasteiger partial charge is 0.488 e. The fourth-order valence-corrected chi connectivity index (χ4v) is 3.44. The van der Waals surface area contributed by atoms with Gasteiger partial charge in [0.1, 0.15) is 12.4 Å². The molecule has 1 saturated heterocycles. The van der Waals surface area contributed by atoms with Crippen LogP contribution in [0, 0.1) is 0 Å². The van der Waals surface area contributed by atoms with E-state index < -0.39 is 0 Å². The molecule has 1 N–H and O–H groups in total. The van der Waals surface area contributed by atoms with E-state index in [0.717, 1.165) is 36.4 Å². The van der Waals surface area contributed by atoms with Crippen molar-refractivity contribution in [2.75, 3.05) is 13.1 Å². The predicted octanol–water partition coefficient (Wildman–Crippen LogP) is 4.81. The lowest BCUT2D eigenvalue weighted by atomic mass is 9.99. The van der Waals surface area contributed by atoms with E-state index in [4.69, 9.17) is 9.47 Å². The number of nitrogens with one attached hydrogen (secondary N) is 1. The number of hydrogen-bond donors (Lipinski definition) is 1. The molecule has 138 valence electrons. The van der Waals surface area contributed by atoms with Crippen LogP contribution in [0.15, 0.2) is 78.9 Å². The Kier molecular flexibility index (Phi) is 5.83. The van der Waals surface area contributed by atoms with Crippen molar-refractivity contribution in [3.63, 3.8) is 0 Å². The van der Waals surface area contributed by atoms with Crippen LogP contribution in [-0.2, 0) is 18.0 Å². The van der Waals surface area contributed by atoms with E-state index in [1.165, 1.54) is 11.1 Å². The number of hydrogen-bond acceptors (Lipinski definition) is 3. The summed E-state index contributed by atoms with van der Waals surface area (Å²) in [5.74, 6) is 0.899. The smallest absolute Gasteiger partial charge is 0.127 e. The van der Waals surface area contributed by atoms with Crippen molar-refractivity contribution in [3.8, 4) is 16.9 Å². The molecule has 0 spiro atoms. The zero-order chi connectivity index (χ0) is 18.3. The summed E-state index contributed by atoms with van der Waals surface area (Å²) in [6, 6.07) is 26.9. The van der Waals surface area contributed by atoms with Crippen LogP contribution in [0.2, 0.25) is 0 Å². The van der Waals surface area contributed by atoms with Gasteiger partial charge in [-0.05, 0) is 35.7 Å². The molecule has 1 atom stereocenters. The van der Waals surface area contributed by atoms with E-state index >= 15 is 0 Å². The van der Waals surface area contributed by atoms with Crippen molar-refractivity contribution in [2.24, 2.45) is 0 Å². The minimum Gasteiger partial charge on any atom is -0.488 e. The van der Waals surface area contributed by atoms with Gasteiger partial charge < -0.3 is 14.8 Å². The monoisotopic (exact) mass is 359 g/mol. The third-order valence-corrected chi connectivity index (χ3v) is 4.92. The van der Waals surface area contributed by atoms with Gasteiger partial charge in [-0.15, -0.1) is 0 Å². The molecule has 0 aliphatic carbocycles. The van der Waals surface area contributed by atoms with E-state index in [0.29, 0.717) is 19.3 Å². The molecular weight excluding hydrogens is 334 g/mol. The minimum absolute atomic E-state index is 0.308. The van der Waals surface area contributed by atoms with Crippen LogP contribution in [-0.4, -0.2) is 19.2 Å². The molecule has 1 aliphatic heterocycles. The normalized spacial score (nSPS) is 16.4. The van der Waals surface area contributed by atoms with Gasteiger partial charge in [0.2, 0.25) is 0 Å². The Morgan fingerprint density at radius 3 is 2.33 bits per heavy atom. The summed E-state index contributed by atoms with van der Waals surface area (Å²) in [6.45, 7) is 3.17. The van der Waals surface area contributed by atoms with Crippen molar-refractivity contribution in [1.82, 2.24) is 5.32 Å². The van der Waals surface area contributed by atoms with Gasteiger partial charge in [-0.25, -0.2) is 0 Å². The maximum absolute atomic E-state index is 6.16. The summed E-state index contributed by atoms with van der Waals surface area (Å²) >= 11 is 0. The molecule has 0 aromatic heterocycles. The van der Waals surface area contributed by atoms with Gasteiger partial charge in [-0.2, -0.15) is 0 Å². The molecule has 0 amide bonds. The zero-order valence-corrected chi connectivity index (χ0v) is 15.4. The Morgan fingerprint density at radius 2 is 1.52 bits per heavy atom. The Labute approximate surface area is 161 Å². The lowest BCUT2D eigenvalue weighted by molar-refractivity contribution is 0.0545. The van der Waals surface area contributed by atoms with Gasteiger partial charge in [0.15, 0.2) is 0 Å². The molecule has 1 fully saturated rings. The van der Waals surface area contributed by atoms with E-state index in [9.17, 15) is 0 Å². The Hall–Kier alpha value is -2.62. The van der Waals surface area contributed by atoms with Gasteiger partial charge in [0.25, 0.3) is 0 Å². The molecule has 0 saturated carbocycles. The quantitative estimate of drug-likeness (QED) is 0.657. The van der Waals surface area contributed by atoms with Gasteiger partial charge in [-0.3, -0.25) is 0 Å². The van der Waals surface area contributed by atoms with Crippen LogP contribution in [0.4, 0.5) is 0 Å². The van der Waals surface area contributed by atoms with E-state index in [-0.39, 0.29) is 0 Å². The lowest BCUT2D eigenvalue weighted by Gasteiger charge is -2.16. The van der Waals surface area contributed by atoms with Crippen LogP contribution in [0.1, 0.15) is 17.5 Å². The summed E-state index contributed by atoms with van der Waals surface area (Å²) in [6.07, 6.45) is 1.39. The molecule has 4 rings (SSSR count). The van der Waals surface area contributed by atoms with Crippen LogP contribution in [0.25, 0.3) is 11.1 Å². The Morgan fingerprint density at radius 1 is 0.778 bits per heavy atom. The number of para-hydroxylation sites is 1. The van der Waals surface area contributed by atoms with Gasteiger partial charge in [-0.1, -0.05) is 72.8 Å². The van der Waals surface area contributed by atoms with Crippen molar-refractivity contribution < 1.29 is 9.47 Å². The molecular formula is C24H25NO2. The molecule has 3 heteroatoms. The van der Waals surface area contributed by atoms with Crippen LogP contribution < -0.4 is 10.1 Å². The summed E-state index contributed by atoms with van der Waals surface area (Å²) in [7, 11) is 0. The van der Waals surface area contributed by atoms with Crippen LogP contribution in [0.5, 0.6) is 5.75 Å². The van der Waals surface area contributed by atoms with Crippen molar-refractivity contribution in [3.05, 3.63) is 90.0 Å². The highest BCUT2D eigenvalue weighted by atomic mass is 16.5. The summed E-state index contributed by atoms with van der Waals surface area (Å²) in [5, 5.41) is 3.35. The number of ether oxygens (including phenoxy) is 2. The highest BCUT2D eigenvalue weighted by Gasteiger charge is 2.16. The van der Waals surface area contributed by atoms with E-state index in [1.807, 2.05) is 30.3 Å². The zero-order valence-electron chi connectivity index (χ0n) is 15.4. The fraction of sp³-hybridized carbons (Fsp3) is 0.250. The molecule has 3 nitrogen and oxygen atoms in total. The molecule has 0 bridgehead atoms. The van der Waals surface area contributed by atoms with Crippen molar-refractivity contribution >= 4 is 0 Å². The highest BCUT2D eigenvalue weighted by Crippen LogP contribution is 2.33. The molecule has 0 unspecified atom stereocenters. The maximum Gasteiger partial charge on any atom is 0.127 e. The van der Waals surface area contributed by atoms with Crippen LogP contribution >= 0.6 is 0 Å². The second kappa shape index (κ2) is 8.85. The third-order valence-electron chi connectivity index (χ3n) is 4.92. The Bertz CT molecular complexity index is 857. The third kappa shape index (κ3) is 4.57.